The molecule has 0 spiro atoms. The van der Waals surface area contributed by atoms with Crippen LogP contribution < -0.4 is 10.1 Å². The van der Waals surface area contributed by atoms with Gasteiger partial charge >= 0.3 is 0 Å². The molecule has 0 unspecified atom stereocenters. The summed E-state index contributed by atoms with van der Waals surface area (Å²) in [4.78, 5) is 20.5. The first kappa shape index (κ1) is 13.1. The van der Waals surface area contributed by atoms with Crippen molar-refractivity contribution in [3.8, 4) is 5.75 Å². The van der Waals surface area contributed by atoms with Crippen LogP contribution in [-0.2, 0) is 0 Å². The molecule has 3 aromatic rings. The lowest BCUT2D eigenvalue weighted by Crippen LogP contribution is -2.15. The molecule has 5 heteroatoms. The maximum Gasteiger partial charge on any atom is 0.293 e. The van der Waals surface area contributed by atoms with Gasteiger partial charge < -0.3 is 10.1 Å². The van der Waals surface area contributed by atoms with Crippen molar-refractivity contribution in [2.45, 2.75) is 0 Å². The summed E-state index contributed by atoms with van der Waals surface area (Å²) in [7, 11) is 1.60. The summed E-state index contributed by atoms with van der Waals surface area (Å²) in [5, 5.41) is 3.58. The van der Waals surface area contributed by atoms with Gasteiger partial charge in [0.25, 0.3) is 5.91 Å². The van der Waals surface area contributed by atoms with E-state index in [4.69, 9.17) is 4.74 Å². The quantitative estimate of drug-likeness (QED) is 0.800. The number of aromatic nitrogens is 2. The summed E-state index contributed by atoms with van der Waals surface area (Å²) < 4.78 is 5.14. The number of rotatable bonds is 3. The Kier molecular flexibility index (Phi) is 3.47. The van der Waals surface area contributed by atoms with Crippen LogP contribution in [0, 0.1) is 0 Å². The van der Waals surface area contributed by atoms with E-state index in [1.165, 1.54) is 0 Å². The van der Waals surface area contributed by atoms with E-state index in [9.17, 15) is 4.79 Å². The monoisotopic (exact) mass is 279 g/mol. The van der Waals surface area contributed by atoms with Crippen LogP contribution in [0.2, 0.25) is 0 Å². The van der Waals surface area contributed by atoms with E-state index in [2.05, 4.69) is 15.3 Å². The highest BCUT2D eigenvalue weighted by Crippen LogP contribution is 2.18. The second-order valence-electron chi connectivity index (χ2n) is 4.44. The normalized spacial score (nSPS) is 10.3. The van der Waals surface area contributed by atoms with Crippen LogP contribution in [0.3, 0.4) is 0 Å². The topological polar surface area (TPSA) is 64.1 Å². The van der Waals surface area contributed by atoms with Crippen molar-refractivity contribution in [1.29, 1.82) is 0 Å². The number of amides is 1. The summed E-state index contributed by atoms with van der Waals surface area (Å²) in [6.07, 6.45) is 1.62. The Morgan fingerprint density at radius 2 is 1.95 bits per heavy atom. The molecule has 5 nitrogen and oxygen atoms in total. The number of carbonyl (C=O) groups excluding carboxylic acids is 1. The number of benzene rings is 2. The van der Waals surface area contributed by atoms with Crippen LogP contribution in [0.15, 0.2) is 54.7 Å². The zero-order chi connectivity index (χ0) is 14.7. The Bertz CT molecular complexity index is 788. The van der Waals surface area contributed by atoms with Gasteiger partial charge in [0.1, 0.15) is 5.75 Å². The number of carbonyl (C=O) groups is 1. The second-order valence-corrected chi connectivity index (χ2v) is 4.44. The minimum atomic E-state index is -0.334. The van der Waals surface area contributed by atoms with Crippen LogP contribution in [0.25, 0.3) is 10.9 Å². The summed E-state index contributed by atoms with van der Waals surface area (Å²) in [5.74, 6) is 0.531. The smallest absolute Gasteiger partial charge is 0.293 e. The molecule has 3 rings (SSSR count). The molecule has 1 amide bonds. The van der Waals surface area contributed by atoms with Gasteiger partial charge in [0.2, 0.25) is 5.82 Å². The Labute approximate surface area is 121 Å². The highest BCUT2D eigenvalue weighted by atomic mass is 16.5. The van der Waals surface area contributed by atoms with Crippen molar-refractivity contribution in [2.24, 2.45) is 0 Å². The van der Waals surface area contributed by atoms with Crippen LogP contribution >= 0.6 is 0 Å². The fraction of sp³-hybridized carbons (Fsp3) is 0.0625. The van der Waals surface area contributed by atoms with Gasteiger partial charge in [-0.2, -0.15) is 0 Å². The third kappa shape index (κ3) is 2.81. The molecule has 2 aromatic carbocycles. The minimum absolute atomic E-state index is 0.136. The van der Waals surface area contributed by atoms with Crippen molar-refractivity contribution < 1.29 is 9.53 Å². The molecule has 0 aliphatic heterocycles. The van der Waals surface area contributed by atoms with Gasteiger partial charge in [0.05, 0.1) is 12.6 Å². The van der Waals surface area contributed by atoms with Crippen molar-refractivity contribution in [2.75, 3.05) is 12.4 Å². The molecule has 21 heavy (non-hydrogen) atoms. The standard InChI is InChI=1S/C16H13N3O2/c1-21-13-7-8-14-11(9-13)10-17-15(19-14)16(20)18-12-5-3-2-4-6-12/h2-10H,1H3,(H,18,20). The Balaban J connectivity index is 1.88. The highest BCUT2D eigenvalue weighted by Gasteiger charge is 2.10. The van der Waals surface area contributed by atoms with Crippen LogP contribution in [0.4, 0.5) is 5.69 Å². The maximum atomic E-state index is 12.1. The molecule has 0 aliphatic rings. The number of ether oxygens (including phenoxy) is 1. The molecule has 0 bridgehead atoms. The number of nitrogens with one attached hydrogen (secondary N) is 1. The summed E-state index contributed by atoms with van der Waals surface area (Å²) in [6, 6.07) is 14.6. The number of methoxy groups -OCH3 is 1. The number of hydrogen-bond donors (Lipinski definition) is 1. The predicted molar refractivity (Wildman–Crippen MR) is 80.5 cm³/mol. The van der Waals surface area contributed by atoms with E-state index in [1.807, 2.05) is 36.4 Å². The fourth-order valence-electron chi connectivity index (χ4n) is 1.96. The molecule has 1 aromatic heterocycles. The zero-order valence-electron chi connectivity index (χ0n) is 11.4. The van der Waals surface area contributed by atoms with E-state index < -0.39 is 0 Å². The van der Waals surface area contributed by atoms with Crippen LogP contribution in [0.5, 0.6) is 5.75 Å². The Morgan fingerprint density at radius 1 is 1.14 bits per heavy atom. The average molecular weight is 279 g/mol. The highest BCUT2D eigenvalue weighted by molar-refractivity contribution is 6.02. The molecule has 1 heterocycles. The molecule has 0 saturated carbocycles. The van der Waals surface area contributed by atoms with Gasteiger partial charge in [-0.3, -0.25) is 4.79 Å². The molecular weight excluding hydrogens is 266 g/mol. The van der Waals surface area contributed by atoms with Gasteiger partial charge in [0.15, 0.2) is 0 Å². The molecule has 0 radical (unpaired) electrons. The molecule has 0 aliphatic carbocycles. The van der Waals surface area contributed by atoms with Gasteiger partial charge in [-0.05, 0) is 30.3 Å². The lowest BCUT2D eigenvalue weighted by atomic mass is 10.2. The third-order valence-electron chi connectivity index (χ3n) is 3.02. The predicted octanol–water partition coefficient (Wildman–Crippen LogP) is 2.89. The first-order chi connectivity index (χ1) is 10.3. The summed E-state index contributed by atoms with van der Waals surface area (Å²) in [6.45, 7) is 0. The number of anilines is 1. The number of para-hydroxylation sites is 1. The average Bonchev–Trinajstić information content (AvgIpc) is 2.54. The first-order valence-corrected chi connectivity index (χ1v) is 6.43. The van der Waals surface area contributed by atoms with Gasteiger partial charge in [-0.1, -0.05) is 18.2 Å². The fourth-order valence-corrected chi connectivity index (χ4v) is 1.96. The van der Waals surface area contributed by atoms with E-state index >= 15 is 0 Å². The Morgan fingerprint density at radius 3 is 2.71 bits per heavy atom. The van der Waals surface area contributed by atoms with Crippen molar-refractivity contribution in [3.63, 3.8) is 0 Å². The lowest BCUT2D eigenvalue weighted by molar-refractivity contribution is 0.101. The summed E-state index contributed by atoms with van der Waals surface area (Å²) >= 11 is 0. The molecule has 0 atom stereocenters. The van der Waals surface area contributed by atoms with E-state index in [0.717, 1.165) is 11.1 Å². The second kappa shape index (κ2) is 5.58. The lowest BCUT2D eigenvalue weighted by Gasteiger charge is -2.05. The summed E-state index contributed by atoms with van der Waals surface area (Å²) in [5.41, 5.74) is 1.41. The first-order valence-electron chi connectivity index (χ1n) is 6.43. The van der Waals surface area contributed by atoms with Crippen molar-refractivity contribution in [3.05, 3.63) is 60.6 Å². The maximum absolute atomic E-state index is 12.1. The van der Waals surface area contributed by atoms with Crippen molar-refractivity contribution >= 4 is 22.5 Å². The van der Waals surface area contributed by atoms with Gasteiger partial charge in [-0.15, -0.1) is 0 Å². The number of nitrogens with zero attached hydrogens (tertiary/aromatic N) is 2. The number of fused-ring (bicyclic) bond motifs is 1. The third-order valence-corrected chi connectivity index (χ3v) is 3.02. The molecule has 0 fully saturated rings. The molecular formula is C16H13N3O2. The van der Waals surface area contributed by atoms with E-state index in [1.54, 1.807) is 25.4 Å². The largest absolute Gasteiger partial charge is 0.497 e. The minimum Gasteiger partial charge on any atom is -0.497 e. The van der Waals surface area contributed by atoms with Gasteiger partial charge in [-0.25, -0.2) is 9.97 Å². The number of hydrogen-bond acceptors (Lipinski definition) is 4. The zero-order valence-corrected chi connectivity index (χ0v) is 11.4. The van der Waals surface area contributed by atoms with E-state index in [-0.39, 0.29) is 11.7 Å². The van der Waals surface area contributed by atoms with E-state index in [0.29, 0.717) is 11.2 Å². The van der Waals surface area contributed by atoms with Crippen molar-refractivity contribution in [1.82, 2.24) is 9.97 Å². The SMILES string of the molecule is COc1ccc2nc(C(=O)Nc3ccccc3)ncc2c1. The Hall–Kier alpha value is -2.95. The van der Waals surface area contributed by atoms with Crippen LogP contribution in [0.1, 0.15) is 10.6 Å². The van der Waals surface area contributed by atoms with Crippen LogP contribution in [-0.4, -0.2) is 23.0 Å². The molecule has 0 saturated heterocycles. The van der Waals surface area contributed by atoms with Gasteiger partial charge in [0, 0.05) is 17.3 Å². The molecule has 104 valence electrons. The molecule has 1 N–H and O–H groups in total.